The topological polar surface area (TPSA) is 90.9 Å². The first kappa shape index (κ1) is 19.7. The largest absolute Gasteiger partial charge is 0.488 e. The van der Waals surface area contributed by atoms with E-state index in [4.69, 9.17) is 9.47 Å². The lowest BCUT2D eigenvalue weighted by Gasteiger charge is -2.16. The molecule has 4 rings (SSSR count). The minimum Gasteiger partial charge on any atom is -0.488 e. The van der Waals surface area contributed by atoms with E-state index in [9.17, 15) is 14.4 Å². The smallest absolute Gasteiger partial charge is 0.348 e. The van der Waals surface area contributed by atoms with Gasteiger partial charge in [0.2, 0.25) is 0 Å². The van der Waals surface area contributed by atoms with Crippen molar-refractivity contribution in [3.05, 3.63) is 70.6 Å². The third-order valence-electron chi connectivity index (χ3n) is 4.45. The fraction of sp³-hybridized carbons (Fsp3) is 0.136. The predicted molar refractivity (Wildman–Crippen MR) is 111 cm³/mol. The van der Waals surface area contributed by atoms with Crippen molar-refractivity contribution in [1.29, 1.82) is 0 Å². The maximum atomic E-state index is 12.4. The Kier molecular flexibility index (Phi) is 5.49. The fourth-order valence-corrected chi connectivity index (χ4v) is 4.10. The maximum absolute atomic E-state index is 12.4. The van der Waals surface area contributed by atoms with Gasteiger partial charge in [0, 0.05) is 21.7 Å². The number of nitrogens with one attached hydrogen (secondary N) is 1. The zero-order valence-corrected chi connectivity index (χ0v) is 16.8. The SMILES string of the molecule is COC(=O)c1ccc(NC(=O)COC(=O)c2cc3c(s2)-c2ccccc2OC3)cc1. The normalized spacial score (nSPS) is 11.5. The average molecular weight is 423 g/mol. The van der Waals surface area contributed by atoms with Gasteiger partial charge in [-0.15, -0.1) is 11.3 Å². The highest BCUT2D eigenvalue weighted by Gasteiger charge is 2.23. The molecule has 1 aliphatic rings. The second-order valence-electron chi connectivity index (χ2n) is 6.44. The molecule has 3 aromatic rings. The van der Waals surface area contributed by atoms with Gasteiger partial charge in [0.05, 0.1) is 12.7 Å². The number of thiophene rings is 1. The number of carbonyl (C=O) groups is 3. The van der Waals surface area contributed by atoms with Crippen LogP contribution < -0.4 is 10.1 Å². The molecule has 1 aromatic heterocycles. The number of ether oxygens (including phenoxy) is 3. The Morgan fingerprint density at radius 3 is 2.60 bits per heavy atom. The monoisotopic (exact) mass is 423 g/mol. The van der Waals surface area contributed by atoms with Gasteiger partial charge in [-0.1, -0.05) is 12.1 Å². The summed E-state index contributed by atoms with van der Waals surface area (Å²) in [5, 5.41) is 2.61. The Morgan fingerprint density at radius 2 is 1.83 bits per heavy atom. The number of para-hydroxylation sites is 1. The van der Waals surface area contributed by atoms with Gasteiger partial charge < -0.3 is 19.5 Å². The standard InChI is InChI=1S/C22H17NO6S/c1-27-21(25)13-6-8-15(9-7-13)23-19(24)12-29-22(26)18-10-14-11-28-17-5-3-2-4-16(17)20(14)30-18/h2-10H,11-12H2,1H3,(H,23,24). The lowest BCUT2D eigenvalue weighted by molar-refractivity contribution is -0.119. The molecule has 0 bridgehead atoms. The molecule has 30 heavy (non-hydrogen) atoms. The molecule has 0 atom stereocenters. The number of amides is 1. The van der Waals surface area contributed by atoms with Crippen LogP contribution in [0.25, 0.3) is 10.4 Å². The summed E-state index contributed by atoms with van der Waals surface area (Å²) < 4.78 is 15.5. The van der Waals surface area contributed by atoms with Crippen LogP contribution in [-0.4, -0.2) is 31.6 Å². The van der Waals surface area contributed by atoms with Crippen molar-refractivity contribution in [3.8, 4) is 16.2 Å². The lowest BCUT2D eigenvalue weighted by atomic mass is 10.1. The van der Waals surface area contributed by atoms with Crippen LogP contribution >= 0.6 is 11.3 Å². The molecule has 1 amide bonds. The van der Waals surface area contributed by atoms with Crippen molar-refractivity contribution in [1.82, 2.24) is 0 Å². The van der Waals surface area contributed by atoms with Gasteiger partial charge in [0.1, 0.15) is 17.2 Å². The number of anilines is 1. The van der Waals surface area contributed by atoms with Gasteiger partial charge in [-0.05, 0) is 42.5 Å². The molecule has 0 spiro atoms. The second-order valence-corrected chi connectivity index (χ2v) is 7.50. The molecular formula is C22H17NO6S. The molecule has 2 heterocycles. The van der Waals surface area contributed by atoms with Gasteiger partial charge in [0.25, 0.3) is 5.91 Å². The number of rotatable bonds is 5. The lowest BCUT2D eigenvalue weighted by Crippen LogP contribution is -2.20. The highest BCUT2D eigenvalue weighted by molar-refractivity contribution is 7.17. The Morgan fingerprint density at radius 1 is 1.07 bits per heavy atom. The van der Waals surface area contributed by atoms with Gasteiger partial charge in [0.15, 0.2) is 6.61 Å². The molecule has 1 N–H and O–H groups in total. The predicted octanol–water partition coefficient (Wildman–Crippen LogP) is 3.89. The van der Waals surface area contributed by atoms with E-state index in [1.54, 1.807) is 18.2 Å². The summed E-state index contributed by atoms with van der Waals surface area (Å²) in [6, 6.07) is 15.6. The van der Waals surface area contributed by atoms with Gasteiger partial charge in [-0.3, -0.25) is 4.79 Å². The first-order valence-electron chi connectivity index (χ1n) is 9.05. The van der Waals surface area contributed by atoms with E-state index in [2.05, 4.69) is 10.1 Å². The molecule has 0 unspecified atom stereocenters. The van der Waals surface area contributed by atoms with E-state index in [0.717, 1.165) is 21.8 Å². The molecule has 1 aliphatic heterocycles. The minimum atomic E-state index is -0.567. The van der Waals surface area contributed by atoms with Crippen molar-refractivity contribution in [2.75, 3.05) is 19.0 Å². The van der Waals surface area contributed by atoms with Gasteiger partial charge in [-0.25, -0.2) is 9.59 Å². The quantitative estimate of drug-likeness (QED) is 0.626. The maximum Gasteiger partial charge on any atom is 0.348 e. The van der Waals surface area contributed by atoms with Crippen molar-refractivity contribution in [2.45, 2.75) is 6.61 Å². The Balaban J connectivity index is 1.36. The van der Waals surface area contributed by atoms with Crippen LogP contribution in [0.1, 0.15) is 25.6 Å². The van der Waals surface area contributed by atoms with Crippen LogP contribution in [0, 0.1) is 0 Å². The molecule has 8 heteroatoms. The summed E-state index contributed by atoms with van der Waals surface area (Å²) in [7, 11) is 1.29. The Hall–Kier alpha value is -3.65. The number of fused-ring (bicyclic) bond motifs is 3. The van der Waals surface area contributed by atoms with E-state index in [-0.39, 0.29) is 0 Å². The van der Waals surface area contributed by atoms with Crippen molar-refractivity contribution in [3.63, 3.8) is 0 Å². The molecule has 0 saturated heterocycles. The third-order valence-corrected chi connectivity index (χ3v) is 5.64. The summed E-state index contributed by atoms with van der Waals surface area (Å²) >= 11 is 1.32. The van der Waals surface area contributed by atoms with E-state index < -0.39 is 24.5 Å². The van der Waals surface area contributed by atoms with Crippen molar-refractivity contribution < 1.29 is 28.6 Å². The zero-order chi connectivity index (χ0) is 21.1. The number of esters is 2. The number of hydrogen-bond acceptors (Lipinski definition) is 7. The molecule has 0 saturated carbocycles. The molecule has 7 nitrogen and oxygen atoms in total. The highest BCUT2D eigenvalue weighted by Crippen LogP contribution is 2.42. The average Bonchev–Trinajstić information content (AvgIpc) is 3.22. The number of methoxy groups -OCH3 is 1. The number of benzene rings is 2. The van der Waals surface area contributed by atoms with Crippen LogP contribution in [0.5, 0.6) is 5.75 Å². The van der Waals surface area contributed by atoms with E-state index >= 15 is 0 Å². The van der Waals surface area contributed by atoms with Crippen LogP contribution in [0.2, 0.25) is 0 Å². The van der Waals surface area contributed by atoms with E-state index in [1.165, 1.54) is 30.6 Å². The second kappa shape index (κ2) is 8.38. The zero-order valence-electron chi connectivity index (χ0n) is 16.0. The summed E-state index contributed by atoms with van der Waals surface area (Å²) in [6.45, 7) is -0.0363. The van der Waals surface area contributed by atoms with Gasteiger partial charge in [-0.2, -0.15) is 0 Å². The number of hydrogen-bond donors (Lipinski definition) is 1. The molecular weight excluding hydrogens is 406 g/mol. The Bertz CT molecular complexity index is 1120. The molecule has 2 aromatic carbocycles. The van der Waals surface area contributed by atoms with E-state index in [0.29, 0.717) is 22.7 Å². The van der Waals surface area contributed by atoms with E-state index in [1.807, 2.05) is 24.3 Å². The van der Waals surface area contributed by atoms with Crippen molar-refractivity contribution in [2.24, 2.45) is 0 Å². The highest BCUT2D eigenvalue weighted by atomic mass is 32.1. The van der Waals surface area contributed by atoms with Gasteiger partial charge >= 0.3 is 11.9 Å². The fourth-order valence-electron chi connectivity index (χ4n) is 3.01. The van der Waals surface area contributed by atoms with Crippen LogP contribution in [0.15, 0.2) is 54.6 Å². The number of carbonyl (C=O) groups excluding carboxylic acids is 3. The molecule has 0 radical (unpaired) electrons. The third kappa shape index (κ3) is 4.04. The van der Waals surface area contributed by atoms with Crippen LogP contribution in [0.4, 0.5) is 5.69 Å². The summed E-state index contributed by atoms with van der Waals surface area (Å²) in [4.78, 5) is 37.3. The first-order chi connectivity index (χ1) is 14.5. The Labute approximate surface area is 176 Å². The summed E-state index contributed by atoms with van der Waals surface area (Å²) in [5.74, 6) is -0.731. The molecule has 152 valence electrons. The summed E-state index contributed by atoms with van der Waals surface area (Å²) in [5.41, 5.74) is 2.70. The summed E-state index contributed by atoms with van der Waals surface area (Å²) in [6.07, 6.45) is 0. The van der Waals surface area contributed by atoms with Crippen molar-refractivity contribution >= 4 is 34.9 Å². The van der Waals surface area contributed by atoms with Crippen LogP contribution in [0.3, 0.4) is 0 Å². The molecule has 0 aliphatic carbocycles. The minimum absolute atomic E-state index is 0.370. The van der Waals surface area contributed by atoms with Crippen LogP contribution in [-0.2, 0) is 20.9 Å². The molecule has 0 fully saturated rings. The first-order valence-corrected chi connectivity index (χ1v) is 9.87.